The van der Waals surface area contributed by atoms with E-state index in [1.54, 1.807) is 13.2 Å². The Kier molecular flexibility index (Phi) is 6.85. The maximum absolute atomic E-state index is 12.1. The summed E-state index contributed by atoms with van der Waals surface area (Å²) in [5.74, 6) is -0.152. The smallest absolute Gasteiger partial charge is 0.233 e. The number of nitrogens with one attached hydrogen (secondary N) is 1. The van der Waals surface area contributed by atoms with Crippen LogP contribution in [0.4, 0.5) is 0 Å². The Morgan fingerprint density at radius 2 is 1.88 bits per heavy atom. The summed E-state index contributed by atoms with van der Waals surface area (Å²) in [4.78, 5) is 17.7. The molecule has 6 nitrogen and oxygen atoms in total. The minimum atomic E-state index is -3.57. The molecule has 132 valence electrons. The Morgan fingerprint density at radius 3 is 2.56 bits per heavy atom. The van der Waals surface area contributed by atoms with Gasteiger partial charge in [-0.05, 0) is 23.8 Å². The van der Waals surface area contributed by atoms with Gasteiger partial charge in [0, 0.05) is 31.6 Å². The fourth-order valence-electron chi connectivity index (χ4n) is 2.09. The van der Waals surface area contributed by atoms with E-state index >= 15 is 0 Å². The van der Waals surface area contributed by atoms with Crippen LogP contribution in [0.2, 0.25) is 0 Å². The van der Waals surface area contributed by atoms with Crippen molar-refractivity contribution in [2.75, 3.05) is 13.6 Å². The second-order valence-corrected chi connectivity index (χ2v) is 7.12. The van der Waals surface area contributed by atoms with Crippen molar-refractivity contribution < 1.29 is 13.2 Å². The monoisotopic (exact) mass is 359 g/mol. The maximum Gasteiger partial charge on any atom is 0.233 e. The van der Waals surface area contributed by atoms with Crippen LogP contribution in [-0.4, -0.2) is 37.8 Å². The highest BCUT2D eigenvalue weighted by Crippen LogP contribution is 2.03. The van der Waals surface area contributed by atoms with Crippen LogP contribution in [0.15, 0.2) is 60.1 Å². The van der Waals surface area contributed by atoms with Gasteiger partial charge in [-0.2, -0.15) is 0 Å². The topological polar surface area (TPSA) is 79.4 Å². The summed E-state index contributed by atoms with van der Waals surface area (Å²) in [6.07, 6.45) is 3.26. The highest BCUT2D eigenvalue weighted by molar-refractivity contribution is 7.92. The number of aromatic nitrogens is 1. The fraction of sp³-hybridized carbons (Fsp3) is 0.222. The van der Waals surface area contributed by atoms with Gasteiger partial charge in [0.2, 0.25) is 15.9 Å². The van der Waals surface area contributed by atoms with E-state index in [9.17, 15) is 13.2 Å². The summed E-state index contributed by atoms with van der Waals surface area (Å²) in [7, 11) is -1.91. The number of nitrogens with zero attached hydrogens (tertiary/aromatic N) is 2. The van der Waals surface area contributed by atoms with E-state index < -0.39 is 10.0 Å². The molecule has 0 spiro atoms. The normalized spacial score (nSPS) is 11.6. The van der Waals surface area contributed by atoms with E-state index in [4.69, 9.17) is 0 Å². The molecule has 0 aliphatic heterocycles. The summed E-state index contributed by atoms with van der Waals surface area (Å²) in [6, 6.07) is 14.6. The average Bonchev–Trinajstić information content (AvgIpc) is 2.61. The van der Waals surface area contributed by atoms with Gasteiger partial charge >= 0.3 is 0 Å². The largest absolute Gasteiger partial charge is 0.340 e. The van der Waals surface area contributed by atoms with Crippen molar-refractivity contribution in [3.05, 3.63) is 71.4 Å². The van der Waals surface area contributed by atoms with Gasteiger partial charge in [-0.15, -0.1) is 0 Å². The van der Waals surface area contributed by atoms with Crippen LogP contribution in [0.3, 0.4) is 0 Å². The molecule has 25 heavy (non-hydrogen) atoms. The lowest BCUT2D eigenvalue weighted by molar-refractivity contribution is -0.130. The highest BCUT2D eigenvalue weighted by Gasteiger charge is 2.11. The van der Waals surface area contributed by atoms with Crippen molar-refractivity contribution in [2.45, 2.75) is 13.0 Å². The molecule has 0 saturated heterocycles. The standard InChI is InChI=1S/C18H21N3O3S/c1-21(15-17-9-5-6-12-19-17)18(22)10-13-20-25(23,24)14-11-16-7-3-2-4-8-16/h2-9,11-12,14,20H,10,13,15H2,1H3/b14-11+. The van der Waals surface area contributed by atoms with Crippen molar-refractivity contribution in [1.29, 1.82) is 0 Å². The molecule has 0 bridgehead atoms. The third-order valence-electron chi connectivity index (χ3n) is 3.43. The molecule has 0 saturated carbocycles. The van der Waals surface area contributed by atoms with E-state index in [1.165, 1.54) is 11.0 Å². The van der Waals surface area contributed by atoms with Gasteiger partial charge in [-0.25, -0.2) is 13.1 Å². The molecule has 7 heteroatoms. The number of carbonyl (C=O) groups is 1. The first-order valence-corrected chi connectivity index (χ1v) is 9.37. The predicted molar refractivity (Wildman–Crippen MR) is 97.7 cm³/mol. The highest BCUT2D eigenvalue weighted by atomic mass is 32.2. The Morgan fingerprint density at radius 1 is 1.16 bits per heavy atom. The molecule has 2 rings (SSSR count). The van der Waals surface area contributed by atoms with Gasteiger partial charge in [-0.1, -0.05) is 36.4 Å². The molecule has 1 amide bonds. The zero-order valence-electron chi connectivity index (χ0n) is 14.0. The van der Waals surface area contributed by atoms with Gasteiger partial charge in [0.05, 0.1) is 12.2 Å². The SMILES string of the molecule is CN(Cc1ccccn1)C(=O)CCNS(=O)(=O)/C=C/c1ccccc1. The van der Waals surface area contributed by atoms with Crippen LogP contribution in [0.5, 0.6) is 0 Å². The van der Waals surface area contributed by atoms with Crippen LogP contribution in [0, 0.1) is 0 Å². The number of hydrogen-bond donors (Lipinski definition) is 1. The number of pyridine rings is 1. The van der Waals surface area contributed by atoms with Gasteiger partial charge in [0.25, 0.3) is 0 Å². The Hall–Kier alpha value is -2.51. The number of benzene rings is 1. The van der Waals surface area contributed by atoms with Gasteiger partial charge < -0.3 is 4.90 Å². The number of hydrogen-bond acceptors (Lipinski definition) is 4. The predicted octanol–water partition coefficient (Wildman–Crippen LogP) is 2.02. The fourth-order valence-corrected chi connectivity index (χ4v) is 2.91. The number of sulfonamides is 1. The van der Waals surface area contributed by atoms with Crippen molar-refractivity contribution in [1.82, 2.24) is 14.6 Å². The van der Waals surface area contributed by atoms with E-state index in [-0.39, 0.29) is 18.9 Å². The lowest BCUT2D eigenvalue weighted by Gasteiger charge is -2.16. The molecule has 0 fully saturated rings. The summed E-state index contributed by atoms with van der Waals surface area (Å²) in [5.41, 5.74) is 1.57. The maximum atomic E-state index is 12.1. The lowest BCUT2D eigenvalue weighted by Crippen LogP contribution is -2.31. The second kappa shape index (κ2) is 9.10. The minimum absolute atomic E-state index is 0.0485. The molecule has 0 aliphatic carbocycles. The number of rotatable bonds is 8. The van der Waals surface area contributed by atoms with Gasteiger partial charge in [0.1, 0.15) is 0 Å². The van der Waals surface area contributed by atoms with Crippen LogP contribution >= 0.6 is 0 Å². The lowest BCUT2D eigenvalue weighted by atomic mass is 10.2. The number of amides is 1. The molecule has 1 aromatic heterocycles. The van der Waals surface area contributed by atoms with E-state index in [2.05, 4.69) is 9.71 Å². The molecule has 2 aromatic rings. The molecule has 0 unspecified atom stereocenters. The first-order valence-electron chi connectivity index (χ1n) is 7.83. The molecule has 0 atom stereocenters. The van der Waals surface area contributed by atoms with E-state index in [0.29, 0.717) is 6.54 Å². The minimum Gasteiger partial charge on any atom is -0.340 e. The molecule has 1 heterocycles. The third kappa shape index (κ3) is 6.86. The molecule has 1 N–H and O–H groups in total. The summed E-state index contributed by atoms with van der Waals surface area (Å²) in [6.45, 7) is 0.438. The molecule has 0 aliphatic rings. The van der Waals surface area contributed by atoms with E-state index in [0.717, 1.165) is 16.7 Å². The first kappa shape index (κ1) is 18.8. The van der Waals surface area contributed by atoms with E-state index in [1.807, 2.05) is 48.5 Å². The van der Waals surface area contributed by atoms with Crippen LogP contribution in [0.25, 0.3) is 6.08 Å². The van der Waals surface area contributed by atoms with Crippen LogP contribution < -0.4 is 4.72 Å². The van der Waals surface area contributed by atoms with Crippen LogP contribution in [-0.2, 0) is 21.4 Å². The Balaban J connectivity index is 1.78. The quantitative estimate of drug-likeness (QED) is 0.782. The zero-order valence-corrected chi connectivity index (χ0v) is 14.8. The molecular weight excluding hydrogens is 338 g/mol. The summed E-state index contributed by atoms with van der Waals surface area (Å²) in [5, 5.41) is 1.10. The third-order valence-corrected chi connectivity index (χ3v) is 4.53. The summed E-state index contributed by atoms with van der Waals surface area (Å²) < 4.78 is 26.2. The van der Waals surface area contributed by atoms with Crippen LogP contribution in [0.1, 0.15) is 17.7 Å². The van der Waals surface area contributed by atoms with Crippen molar-refractivity contribution in [3.63, 3.8) is 0 Å². The molecule has 0 radical (unpaired) electrons. The number of carbonyl (C=O) groups excluding carboxylic acids is 1. The average molecular weight is 359 g/mol. The molecular formula is C18H21N3O3S. The van der Waals surface area contributed by atoms with Crippen molar-refractivity contribution >= 4 is 22.0 Å². The van der Waals surface area contributed by atoms with Crippen molar-refractivity contribution in [3.8, 4) is 0 Å². The molecule has 1 aromatic carbocycles. The van der Waals surface area contributed by atoms with Crippen molar-refractivity contribution in [2.24, 2.45) is 0 Å². The van der Waals surface area contributed by atoms with Gasteiger partial charge in [-0.3, -0.25) is 9.78 Å². The first-order chi connectivity index (χ1) is 12.0. The Labute approximate surface area is 148 Å². The zero-order chi connectivity index (χ0) is 18.1. The Bertz CT molecular complexity index is 806. The second-order valence-electron chi connectivity index (χ2n) is 5.47. The van der Waals surface area contributed by atoms with Gasteiger partial charge in [0.15, 0.2) is 0 Å². The summed E-state index contributed by atoms with van der Waals surface area (Å²) >= 11 is 0.